The number of hydrogen-bond acceptors (Lipinski definition) is 5. The summed E-state index contributed by atoms with van der Waals surface area (Å²) in [7, 11) is 0. The van der Waals surface area contributed by atoms with Gasteiger partial charge in [-0.3, -0.25) is 4.84 Å². The molecule has 122 valence electrons. The minimum absolute atomic E-state index is 0.0268. The summed E-state index contributed by atoms with van der Waals surface area (Å²) in [5.41, 5.74) is 2.82. The fourth-order valence-corrected chi connectivity index (χ4v) is 2.35. The number of carbonyl (C=O) groups is 1. The average molecular weight is 308 g/mol. The van der Waals surface area contributed by atoms with Gasteiger partial charge in [0.15, 0.2) is 0 Å². The lowest BCUT2D eigenvalue weighted by Gasteiger charge is -2.33. The molecule has 0 spiro atoms. The fourth-order valence-electron chi connectivity index (χ4n) is 2.35. The number of phenolic OH excluding ortho intramolecular Hbond substituents is 1. The Morgan fingerprint density at radius 3 is 2.59 bits per heavy atom. The van der Waals surface area contributed by atoms with Crippen molar-refractivity contribution >= 4 is 11.8 Å². The van der Waals surface area contributed by atoms with Crippen LogP contribution in [-0.4, -0.2) is 36.0 Å². The summed E-state index contributed by atoms with van der Waals surface area (Å²) in [6.07, 6.45) is 1.00. The Morgan fingerprint density at radius 1 is 1.32 bits per heavy atom. The molecule has 0 aromatic heterocycles. The van der Waals surface area contributed by atoms with E-state index in [-0.39, 0.29) is 11.9 Å². The van der Waals surface area contributed by atoms with E-state index in [9.17, 15) is 9.90 Å². The SMILES string of the molecule is CC(C)(C)OC(=O)NOC1CCN(c2cccc(O)c2)CC1. The van der Waals surface area contributed by atoms with E-state index >= 15 is 0 Å². The smallest absolute Gasteiger partial charge is 0.431 e. The Balaban J connectivity index is 1.74. The second kappa shape index (κ2) is 6.87. The van der Waals surface area contributed by atoms with Crippen LogP contribution in [0.1, 0.15) is 33.6 Å². The number of nitrogens with zero attached hydrogens (tertiary/aromatic N) is 1. The van der Waals surface area contributed by atoms with Crippen molar-refractivity contribution in [3.63, 3.8) is 0 Å². The topological polar surface area (TPSA) is 71.0 Å². The highest BCUT2D eigenvalue weighted by molar-refractivity contribution is 5.66. The number of piperidine rings is 1. The van der Waals surface area contributed by atoms with Gasteiger partial charge in [0.1, 0.15) is 11.4 Å². The van der Waals surface area contributed by atoms with Crippen LogP contribution < -0.4 is 10.4 Å². The van der Waals surface area contributed by atoms with E-state index in [0.717, 1.165) is 31.6 Å². The third kappa shape index (κ3) is 5.11. The zero-order valence-corrected chi connectivity index (χ0v) is 13.3. The zero-order chi connectivity index (χ0) is 16.2. The molecule has 0 radical (unpaired) electrons. The molecule has 1 aromatic carbocycles. The van der Waals surface area contributed by atoms with Gasteiger partial charge in [0.25, 0.3) is 0 Å². The zero-order valence-electron chi connectivity index (χ0n) is 13.3. The predicted octanol–water partition coefficient (Wildman–Crippen LogP) is 2.82. The largest absolute Gasteiger partial charge is 0.508 e. The summed E-state index contributed by atoms with van der Waals surface area (Å²) in [6, 6.07) is 7.21. The van der Waals surface area contributed by atoms with Crippen LogP contribution in [0.2, 0.25) is 0 Å². The maximum absolute atomic E-state index is 11.5. The number of amides is 1. The molecule has 1 aliphatic heterocycles. The van der Waals surface area contributed by atoms with Gasteiger partial charge in [-0.05, 0) is 45.7 Å². The van der Waals surface area contributed by atoms with E-state index < -0.39 is 11.7 Å². The average Bonchev–Trinajstić information content (AvgIpc) is 2.44. The second-order valence-corrected chi connectivity index (χ2v) is 6.43. The van der Waals surface area contributed by atoms with Gasteiger partial charge in [-0.2, -0.15) is 5.48 Å². The Labute approximate surface area is 131 Å². The molecule has 0 unspecified atom stereocenters. The molecular weight excluding hydrogens is 284 g/mol. The van der Waals surface area contributed by atoms with Crippen molar-refractivity contribution in [2.45, 2.75) is 45.3 Å². The van der Waals surface area contributed by atoms with Crippen LogP contribution in [0.25, 0.3) is 0 Å². The van der Waals surface area contributed by atoms with E-state index in [2.05, 4.69) is 10.4 Å². The maximum atomic E-state index is 11.5. The van der Waals surface area contributed by atoms with Crippen molar-refractivity contribution < 1.29 is 19.5 Å². The molecule has 2 N–H and O–H groups in total. The highest BCUT2D eigenvalue weighted by atomic mass is 16.7. The van der Waals surface area contributed by atoms with Crippen molar-refractivity contribution in [1.82, 2.24) is 5.48 Å². The van der Waals surface area contributed by atoms with E-state index in [1.165, 1.54) is 0 Å². The van der Waals surface area contributed by atoms with Gasteiger partial charge in [-0.1, -0.05) is 6.07 Å². The lowest BCUT2D eigenvalue weighted by Crippen LogP contribution is -2.41. The van der Waals surface area contributed by atoms with Crippen LogP contribution in [0, 0.1) is 0 Å². The molecule has 1 amide bonds. The minimum atomic E-state index is -0.567. The summed E-state index contributed by atoms with van der Waals surface area (Å²) in [5.74, 6) is 0.266. The van der Waals surface area contributed by atoms with E-state index in [4.69, 9.17) is 9.57 Å². The summed E-state index contributed by atoms with van der Waals surface area (Å²) in [4.78, 5) is 19.1. The van der Waals surface area contributed by atoms with Crippen LogP contribution in [0.15, 0.2) is 24.3 Å². The standard InChI is InChI=1S/C16H24N2O4/c1-16(2,3)21-15(20)17-22-14-7-9-18(10-8-14)12-5-4-6-13(19)11-12/h4-6,11,14,19H,7-10H2,1-3H3,(H,17,20). The summed E-state index contributed by atoms with van der Waals surface area (Å²) in [5, 5.41) is 9.52. The maximum Gasteiger partial charge on any atom is 0.431 e. The number of phenols is 1. The third-order valence-electron chi connectivity index (χ3n) is 3.34. The number of ether oxygens (including phenoxy) is 1. The molecule has 6 nitrogen and oxygen atoms in total. The summed E-state index contributed by atoms with van der Waals surface area (Å²) >= 11 is 0. The van der Waals surface area contributed by atoms with E-state index in [0.29, 0.717) is 0 Å². The van der Waals surface area contributed by atoms with Gasteiger partial charge >= 0.3 is 6.09 Å². The van der Waals surface area contributed by atoms with Crippen LogP contribution in [0.5, 0.6) is 5.75 Å². The Hall–Kier alpha value is -1.95. The van der Waals surface area contributed by atoms with Gasteiger partial charge in [0.05, 0.1) is 6.10 Å². The number of nitrogens with one attached hydrogen (secondary N) is 1. The van der Waals surface area contributed by atoms with Crippen molar-refractivity contribution in [1.29, 1.82) is 0 Å². The molecule has 0 aliphatic carbocycles. The van der Waals surface area contributed by atoms with Crippen molar-refractivity contribution in [2.24, 2.45) is 0 Å². The number of benzene rings is 1. The fraction of sp³-hybridized carbons (Fsp3) is 0.562. The first-order chi connectivity index (χ1) is 10.3. The molecule has 1 fully saturated rings. The quantitative estimate of drug-likeness (QED) is 0.840. The first-order valence-corrected chi connectivity index (χ1v) is 7.52. The molecule has 6 heteroatoms. The molecular formula is C16H24N2O4. The number of rotatable bonds is 3. The molecule has 22 heavy (non-hydrogen) atoms. The number of carbonyl (C=O) groups excluding carboxylic acids is 1. The highest BCUT2D eigenvalue weighted by Crippen LogP contribution is 2.24. The first-order valence-electron chi connectivity index (χ1n) is 7.52. The van der Waals surface area contributed by atoms with Gasteiger partial charge in [-0.15, -0.1) is 0 Å². The normalized spacial score (nSPS) is 16.4. The molecule has 0 bridgehead atoms. The number of hydroxylamine groups is 1. The van der Waals surface area contributed by atoms with Crippen LogP contribution in [-0.2, 0) is 9.57 Å². The van der Waals surface area contributed by atoms with Gasteiger partial charge < -0.3 is 14.7 Å². The Kier molecular flexibility index (Phi) is 5.13. The third-order valence-corrected chi connectivity index (χ3v) is 3.34. The van der Waals surface area contributed by atoms with Crippen LogP contribution in [0.3, 0.4) is 0 Å². The van der Waals surface area contributed by atoms with Gasteiger partial charge in [0, 0.05) is 24.8 Å². The van der Waals surface area contributed by atoms with Crippen molar-refractivity contribution in [3.8, 4) is 5.75 Å². The lowest BCUT2D eigenvalue weighted by atomic mass is 10.1. The number of hydrogen-bond donors (Lipinski definition) is 2. The minimum Gasteiger partial charge on any atom is -0.508 e. The molecule has 0 atom stereocenters. The predicted molar refractivity (Wildman–Crippen MR) is 83.8 cm³/mol. The van der Waals surface area contributed by atoms with Gasteiger partial charge in [-0.25, -0.2) is 4.79 Å². The Bertz CT molecular complexity index is 505. The summed E-state index contributed by atoms with van der Waals surface area (Å²) in [6.45, 7) is 7.04. The van der Waals surface area contributed by atoms with E-state index in [1.807, 2.05) is 12.1 Å². The van der Waals surface area contributed by atoms with Crippen molar-refractivity contribution in [2.75, 3.05) is 18.0 Å². The first kappa shape index (κ1) is 16.4. The van der Waals surface area contributed by atoms with Crippen molar-refractivity contribution in [3.05, 3.63) is 24.3 Å². The van der Waals surface area contributed by atoms with Crippen LogP contribution in [0.4, 0.5) is 10.5 Å². The van der Waals surface area contributed by atoms with Crippen LogP contribution >= 0.6 is 0 Å². The van der Waals surface area contributed by atoms with Gasteiger partial charge in [0.2, 0.25) is 0 Å². The molecule has 1 aliphatic rings. The lowest BCUT2D eigenvalue weighted by molar-refractivity contribution is -0.0493. The molecule has 0 saturated carbocycles. The molecule has 1 heterocycles. The number of aromatic hydroxyl groups is 1. The monoisotopic (exact) mass is 308 g/mol. The molecule has 2 rings (SSSR count). The number of anilines is 1. The molecule has 1 aromatic rings. The second-order valence-electron chi connectivity index (χ2n) is 6.43. The molecule has 1 saturated heterocycles. The highest BCUT2D eigenvalue weighted by Gasteiger charge is 2.22. The summed E-state index contributed by atoms with van der Waals surface area (Å²) < 4.78 is 5.12. The Morgan fingerprint density at radius 2 is 2.00 bits per heavy atom. The van der Waals surface area contributed by atoms with E-state index in [1.54, 1.807) is 32.9 Å².